The van der Waals surface area contributed by atoms with E-state index in [2.05, 4.69) is 0 Å². The lowest BCUT2D eigenvalue weighted by atomic mass is 9.79. The Bertz CT molecular complexity index is 1750. The molecule has 0 saturated carbocycles. The van der Waals surface area contributed by atoms with Gasteiger partial charge in [0.2, 0.25) is 12.3 Å². The summed E-state index contributed by atoms with van der Waals surface area (Å²) in [4.78, 5) is 69.1. The predicted molar refractivity (Wildman–Crippen MR) is 192 cm³/mol. The molecule has 0 unspecified atom stereocenters. The highest BCUT2D eigenvalue weighted by atomic mass is 32.2. The van der Waals surface area contributed by atoms with Gasteiger partial charge in [-0.1, -0.05) is 72.3 Å². The fourth-order valence-corrected chi connectivity index (χ4v) is 7.13. The summed E-state index contributed by atoms with van der Waals surface area (Å²) in [5.41, 5.74) is 16.5. The van der Waals surface area contributed by atoms with Crippen LogP contribution in [0.15, 0.2) is 83.8 Å². The van der Waals surface area contributed by atoms with Gasteiger partial charge in [0.15, 0.2) is 12.1 Å². The average molecular weight is 722 g/mol. The van der Waals surface area contributed by atoms with Crippen LogP contribution in [0.5, 0.6) is 0 Å². The number of nitrogens with two attached hydrogens (primary N) is 3. The molecule has 0 heterocycles. The van der Waals surface area contributed by atoms with E-state index >= 15 is 0 Å². The zero-order chi connectivity index (χ0) is 37.6. The molecule has 0 fully saturated rings. The van der Waals surface area contributed by atoms with Crippen LogP contribution in [0.25, 0.3) is 0 Å². The summed E-state index contributed by atoms with van der Waals surface area (Å²) >= 11 is 0. The number of carbonyl (C=O) groups excluding carboxylic acids is 5. The largest absolute Gasteiger partial charge is 0.444 e. The highest BCUT2D eigenvalue weighted by Crippen LogP contribution is 2.37. The molecule has 13 nitrogen and oxygen atoms in total. The molecule has 0 aliphatic heterocycles. The van der Waals surface area contributed by atoms with Crippen molar-refractivity contribution in [1.29, 1.82) is 0 Å². The minimum Gasteiger partial charge on any atom is -0.444 e. The Kier molecular flexibility index (Phi) is 15.2. The Balaban J connectivity index is 2.25. The summed E-state index contributed by atoms with van der Waals surface area (Å²) in [6.07, 6.45) is 0.343. The molecule has 0 bridgehead atoms. The average Bonchev–Trinajstić information content (AvgIpc) is 3.13. The van der Waals surface area contributed by atoms with Gasteiger partial charge < -0.3 is 26.7 Å². The second-order valence-electron chi connectivity index (χ2n) is 12.3. The first-order chi connectivity index (χ1) is 24.4. The van der Waals surface area contributed by atoms with Gasteiger partial charge in [-0.05, 0) is 88.7 Å². The number of ether oxygens (including phenoxy) is 1. The number of hydrogen-bond acceptors (Lipinski definition) is 11. The third kappa shape index (κ3) is 9.73. The van der Waals surface area contributed by atoms with Gasteiger partial charge in [0.25, 0.3) is 10.0 Å². The third-order valence-corrected chi connectivity index (χ3v) is 10.3. The number of carbonyl (C=O) groups is 5. The SMILES string of the molecule is Cc1ccc(S(=O)(=O)N(C=O)[C@H](CCCCN)C(=O)c2ccccc2[C@@](C=O)(CCCCN)N(C(=O)OCc2ccccc2)C(=O)[C@H](C)N)cc1. The Morgan fingerprint density at radius 2 is 1.47 bits per heavy atom. The number of sulfonamides is 1. The summed E-state index contributed by atoms with van der Waals surface area (Å²) in [6.45, 7) is 3.35. The smallest absolute Gasteiger partial charge is 0.418 e. The number of amides is 3. The number of hydrogen-bond donors (Lipinski definition) is 3. The number of benzene rings is 3. The number of nitrogens with zero attached hydrogens (tertiary/aromatic N) is 2. The van der Waals surface area contributed by atoms with Crippen LogP contribution < -0.4 is 17.2 Å². The number of aldehydes is 1. The van der Waals surface area contributed by atoms with Gasteiger partial charge in [0.05, 0.1) is 10.9 Å². The molecule has 0 radical (unpaired) electrons. The van der Waals surface area contributed by atoms with Crippen molar-refractivity contribution in [3.05, 3.63) is 101 Å². The molecular formula is C37H47N5O8S. The first-order valence-corrected chi connectivity index (χ1v) is 18.2. The molecular weight excluding hydrogens is 675 g/mol. The Hall–Kier alpha value is -4.76. The van der Waals surface area contributed by atoms with Crippen molar-refractivity contribution in [2.45, 2.75) is 81.5 Å². The van der Waals surface area contributed by atoms with E-state index in [-0.39, 0.29) is 67.8 Å². The van der Waals surface area contributed by atoms with E-state index in [0.29, 0.717) is 33.9 Å². The summed E-state index contributed by atoms with van der Waals surface area (Å²) in [6, 6.07) is 17.4. The third-order valence-electron chi connectivity index (χ3n) is 8.50. The van der Waals surface area contributed by atoms with E-state index < -0.39 is 45.4 Å². The number of ketones is 1. The van der Waals surface area contributed by atoms with Gasteiger partial charge in [0.1, 0.15) is 18.2 Å². The maximum atomic E-state index is 14.7. The van der Waals surface area contributed by atoms with Crippen LogP contribution in [0.3, 0.4) is 0 Å². The maximum Gasteiger partial charge on any atom is 0.418 e. The minimum atomic E-state index is -4.54. The number of unbranched alkanes of at least 4 members (excludes halogenated alkanes) is 2. The minimum absolute atomic E-state index is 0.0740. The van der Waals surface area contributed by atoms with Gasteiger partial charge in [-0.15, -0.1) is 0 Å². The highest BCUT2D eigenvalue weighted by Gasteiger charge is 2.49. The molecule has 14 heteroatoms. The molecule has 0 aliphatic carbocycles. The predicted octanol–water partition coefficient (Wildman–Crippen LogP) is 3.56. The van der Waals surface area contributed by atoms with Crippen molar-refractivity contribution in [1.82, 2.24) is 9.21 Å². The van der Waals surface area contributed by atoms with Crippen molar-refractivity contribution >= 4 is 40.5 Å². The monoisotopic (exact) mass is 721 g/mol. The lowest BCUT2D eigenvalue weighted by molar-refractivity contribution is -0.141. The van der Waals surface area contributed by atoms with Crippen LogP contribution in [-0.2, 0) is 41.3 Å². The van der Waals surface area contributed by atoms with Crippen LogP contribution in [0.4, 0.5) is 4.79 Å². The zero-order valence-electron chi connectivity index (χ0n) is 29.0. The summed E-state index contributed by atoms with van der Waals surface area (Å²) in [5.74, 6) is -1.78. The molecule has 0 saturated heterocycles. The molecule has 51 heavy (non-hydrogen) atoms. The molecule has 6 N–H and O–H groups in total. The normalized spacial score (nSPS) is 13.7. The van der Waals surface area contributed by atoms with E-state index in [9.17, 15) is 32.4 Å². The fourth-order valence-electron chi connectivity index (χ4n) is 5.76. The molecule has 3 rings (SSSR count). The first-order valence-electron chi connectivity index (χ1n) is 16.8. The summed E-state index contributed by atoms with van der Waals surface area (Å²) < 4.78 is 33.8. The molecule has 0 aliphatic rings. The summed E-state index contributed by atoms with van der Waals surface area (Å²) in [5, 5.41) is 0. The summed E-state index contributed by atoms with van der Waals surface area (Å²) in [7, 11) is -4.54. The fraction of sp³-hybridized carbons (Fsp3) is 0.378. The van der Waals surface area contributed by atoms with Crippen LogP contribution >= 0.6 is 0 Å². The van der Waals surface area contributed by atoms with E-state index in [1.165, 1.54) is 43.3 Å². The molecule has 0 spiro atoms. The van der Waals surface area contributed by atoms with Gasteiger partial charge in [-0.2, -0.15) is 0 Å². The Morgan fingerprint density at radius 1 is 0.863 bits per heavy atom. The first kappa shape index (κ1) is 40.7. The van der Waals surface area contributed by atoms with Crippen molar-refractivity contribution in [3.8, 4) is 0 Å². The number of rotatable bonds is 20. The van der Waals surface area contributed by atoms with Crippen LogP contribution in [0.2, 0.25) is 0 Å². The van der Waals surface area contributed by atoms with Crippen molar-refractivity contribution < 1.29 is 37.1 Å². The van der Waals surface area contributed by atoms with Crippen molar-refractivity contribution in [2.24, 2.45) is 17.2 Å². The topological polar surface area (TPSA) is 213 Å². The molecule has 3 aromatic rings. The second kappa shape index (κ2) is 19.0. The molecule has 3 atom stereocenters. The van der Waals surface area contributed by atoms with E-state index in [4.69, 9.17) is 21.9 Å². The molecule has 3 amide bonds. The van der Waals surface area contributed by atoms with Crippen LogP contribution in [0, 0.1) is 6.92 Å². The molecule has 274 valence electrons. The van der Waals surface area contributed by atoms with Gasteiger partial charge >= 0.3 is 6.09 Å². The van der Waals surface area contributed by atoms with E-state index in [1.54, 1.807) is 49.4 Å². The second-order valence-corrected chi connectivity index (χ2v) is 14.1. The van der Waals surface area contributed by atoms with Crippen LogP contribution in [-0.4, -0.2) is 73.3 Å². The maximum absolute atomic E-state index is 14.7. The Labute approximate surface area is 299 Å². The Morgan fingerprint density at radius 3 is 2.06 bits per heavy atom. The van der Waals surface area contributed by atoms with Gasteiger partial charge in [-0.3, -0.25) is 14.4 Å². The molecule has 3 aromatic carbocycles. The van der Waals surface area contributed by atoms with Gasteiger partial charge in [-0.25, -0.2) is 22.4 Å². The lowest BCUT2D eigenvalue weighted by Crippen LogP contribution is -2.58. The number of Topliss-reactive ketones (excluding diaryl/α,β-unsaturated/α-hetero) is 1. The van der Waals surface area contributed by atoms with E-state index in [0.717, 1.165) is 5.56 Å². The number of aryl methyl sites for hydroxylation is 1. The highest BCUT2D eigenvalue weighted by molar-refractivity contribution is 7.89. The van der Waals surface area contributed by atoms with Crippen molar-refractivity contribution in [3.63, 3.8) is 0 Å². The van der Waals surface area contributed by atoms with E-state index in [1.807, 2.05) is 0 Å². The zero-order valence-corrected chi connectivity index (χ0v) is 29.8. The quantitative estimate of drug-likeness (QED) is 0.0872. The standard InChI is InChI=1S/C37H47N5O8S/c1-27-17-19-30(20-18-27)51(48,49)41(26-44)33(16-8-10-22-38)34(45)31-14-6-7-15-32(31)37(25-43,21-9-11-23-39)42(35(46)28(2)40)36(47)50-24-29-12-4-3-5-13-29/h3-7,12-15,17-20,25-26,28,33H,8-11,16,21-24,38-40H2,1-2H3/t28-,33+,37-/m0/s1. The molecule has 0 aromatic heterocycles. The van der Waals surface area contributed by atoms with Gasteiger partial charge in [0, 0.05) is 5.56 Å². The van der Waals surface area contributed by atoms with Crippen molar-refractivity contribution in [2.75, 3.05) is 13.1 Å². The number of imide groups is 1. The lowest BCUT2D eigenvalue weighted by Gasteiger charge is -2.40. The van der Waals surface area contributed by atoms with Crippen LogP contribution in [0.1, 0.15) is 72.5 Å².